The van der Waals surface area contributed by atoms with Crippen LogP contribution >= 0.6 is 101 Å². The van der Waals surface area contributed by atoms with Gasteiger partial charge in [-0.25, -0.2) is 0 Å². The van der Waals surface area contributed by atoms with Crippen molar-refractivity contribution < 1.29 is 178 Å². The molecule has 10 aliphatic rings. The quantitative estimate of drug-likeness (QED) is 0.0555. The molecule has 0 amide bonds. The van der Waals surface area contributed by atoms with Crippen molar-refractivity contribution in [2.75, 3.05) is 45.4 Å². The zero-order valence-corrected chi connectivity index (χ0v) is 85.8. The van der Waals surface area contributed by atoms with E-state index in [2.05, 4.69) is 98.8 Å². The molecule has 6 aliphatic carbocycles. The molecule has 4 N–H and O–H groups in total. The summed E-state index contributed by atoms with van der Waals surface area (Å²) in [6.45, 7) is 12.1. The molecule has 0 bridgehead atoms. The lowest BCUT2D eigenvalue weighted by Crippen LogP contribution is -2.41. The minimum absolute atomic E-state index is 0. The van der Waals surface area contributed by atoms with Crippen LogP contribution in [0.1, 0.15) is 228 Å². The van der Waals surface area contributed by atoms with Crippen LogP contribution in [0.3, 0.4) is 0 Å². The van der Waals surface area contributed by atoms with Crippen LogP contribution in [0, 0.1) is 0 Å². The monoisotopic (exact) mass is 2360 g/mol. The molecule has 7 aromatic rings. The number of allylic oxidation sites excluding steroid dienone is 2. The Morgan fingerprint density at radius 3 is 0.925 bits per heavy atom. The number of benzene rings is 7. The largest absolute Gasteiger partial charge is 0.573 e. The second-order valence-electron chi connectivity index (χ2n) is 35.9. The first-order valence-corrected chi connectivity index (χ1v) is 49.5. The molecule has 0 aromatic heterocycles. The molecular weight excluding hydrogens is 2260 g/mol. The van der Waals surface area contributed by atoms with Crippen LogP contribution in [0.15, 0.2) is 154 Å². The number of rotatable bonds is 13. The van der Waals surface area contributed by atoms with Crippen LogP contribution in [0.4, 0.5) is 97.9 Å². The maximum Gasteiger partial charge on any atom is 0.573 e. The van der Waals surface area contributed by atoms with Gasteiger partial charge >= 0.3 is 51.7 Å². The molecule has 0 radical (unpaired) electrons. The van der Waals surface area contributed by atoms with Crippen molar-refractivity contribution >= 4 is 126 Å². The third-order valence-electron chi connectivity index (χ3n) is 25.0. The van der Waals surface area contributed by atoms with Gasteiger partial charge in [-0.15, -0.1) is 92.2 Å². The molecule has 17 rings (SSSR count). The van der Waals surface area contributed by atoms with Crippen molar-refractivity contribution in [3.8, 4) is 40.2 Å². The highest BCUT2D eigenvalue weighted by Crippen LogP contribution is 2.50. The highest BCUT2D eigenvalue weighted by atomic mass is 79.9. The smallest absolute Gasteiger partial charge is 0.406 e. The van der Waals surface area contributed by atoms with Crippen LogP contribution in [-0.4, -0.2) is 148 Å². The maximum absolute atomic E-state index is 12.3. The summed E-state index contributed by atoms with van der Waals surface area (Å²) in [7, 11) is -0.219. The fraction of sp³-hybridized carbons (Fsp3) is 0.520. The summed E-state index contributed by atoms with van der Waals surface area (Å²) >= 11 is 41.9. The molecule has 8 fully saturated rings. The molecule has 49 heteroatoms. The summed E-state index contributed by atoms with van der Waals surface area (Å²) < 4.78 is 328. The number of ether oxygens (including phenoxy) is 13. The average molecular weight is 2370 g/mol. The van der Waals surface area contributed by atoms with Crippen LogP contribution in [-0.2, 0) is 42.5 Å². The number of carbonyl (C=O) groups excluding carboxylic acids is 1. The van der Waals surface area contributed by atoms with Gasteiger partial charge in [-0.3, -0.25) is 4.79 Å². The topological polar surface area (TPSA) is 222 Å². The summed E-state index contributed by atoms with van der Waals surface area (Å²) in [5.74, 6) is -2.88. The number of carbonyl (C=O) groups is 1. The number of ketones is 1. The number of nitrogen functional groups attached to an aromatic ring is 1. The standard InChI is InChI=1S/C15H16ClF3O3.C15H14ClF3O3.C14H23BO4.2C13H14ClF3O2.C13H12ClF3O2.C7H3BrClF3O.C7H5BrF3NO.CH4/c2*16-13-2-1-11(22-15(17,18)19)9-12(13)10-3-5-14(6-4-10)20-7-8-21-14;1-12(2)13(3,4)19-15(18-12)11-5-7-14(8-6-11)16-9-10-17-14;3*14-12-6-5-10(19-13(15,16)17)7-11(12)8-1-3-9(18)4-2-8;8-5-3-4(1-2-6(5)9)13-7(10,11)12;8-5-3-4(1-2-6(5)12)13-7(9,10)11;/h1-2,9-10H,3-8H2;1-3,9H,4-8H2;5H,6-10H2,1-4H3;2*5-9,18H,1-4H2;5-8H,1-4H2;1-3H;1-3H,12H2;1H4. The zero-order chi connectivity index (χ0) is 108. The van der Waals surface area contributed by atoms with Crippen molar-refractivity contribution in [1.29, 1.82) is 0 Å². The number of hydrogen-bond donors (Lipinski definition) is 3. The normalized spacial score (nSPS) is 21.1. The van der Waals surface area contributed by atoms with Crippen molar-refractivity contribution in [2.45, 2.75) is 285 Å². The summed E-state index contributed by atoms with van der Waals surface area (Å²) in [6.07, 6.45) is -14.4. The number of alkyl halides is 21. The Morgan fingerprint density at radius 2 is 0.619 bits per heavy atom. The van der Waals surface area contributed by atoms with Gasteiger partial charge < -0.3 is 86.8 Å². The van der Waals surface area contributed by atoms with Gasteiger partial charge in [0.15, 0.2) is 17.4 Å². The second-order valence-corrected chi connectivity index (χ2v) is 40.0. The fourth-order valence-corrected chi connectivity index (χ4v) is 19.4. The van der Waals surface area contributed by atoms with Gasteiger partial charge in [-0.05, 0) is 339 Å². The first-order valence-electron chi connectivity index (χ1n) is 45.6. The SMILES string of the molecule is C.CC1(C)OB(C2=CCC3(CC2)OCCO3)OC1(C)C.FC(F)(F)Oc1ccc(Cl)c(Br)c1.FC(F)(F)Oc1ccc(Cl)c(C2=CCC3(CC2)OCCO3)c1.FC(F)(F)Oc1ccc(Cl)c(C2CCC3(CC2)OCCO3)c1.Nc1ccc(OC(F)(F)F)cc1Br.O=C1CCC(c2cc(OC(F)(F)F)ccc2Cl)CC1.OC1CCC(c2cc(OC(F)(F)F)ccc2Cl)CC1.OC1CCC(c2cc(OC(F)(F)F)ccc2Cl)CC1. The Hall–Kier alpha value is -7.02. The first-order chi connectivity index (χ1) is 67.9. The van der Waals surface area contributed by atoms with Gasteiger partial charge in [0, 0.05) is 91.1 Å². The molecular formula is C98H105BBr2Cl6F21NO18. The number of hydrogen-bond acceptors (Lipinski definition) is 19. The molecule has 0 unspecified atom stereocenters. The van der Waals surface area contributed by atoms with E-state index in [1.807, 2.05) is 6.08 Å². The van der Waals surface area contributed by atoms with Crippen LogP contribution < -0.4 is 38.9 Å². The van der Waals surface area contributed by atoms with Crippen molar-refractivity contribution in [3.05, 3.63) is 212 Å². The van der Waals surface area contributed by atoms with E-state index < -0.39 is 56.1 Å². The number of aliphatic hydroxyl groups excluding tert-OH is 2. The Morgan fingerprint density at radius 1 is 0.340 bits per heavy atom. The van der Waals surface area contributed by atoms with Gasteiger partial charge in [0.2, 0.25) is 0 Å². The lowest BCUT2D eigenvalue weighted by atomic mass is 9.71. The predicted molar refractivity (Wildman–Crippen MR) is 514 cm³/mol. The van der Waals surface area contributed by atoms with E-state index >= 15 is 0 Å². The maximum atomic E-state index is 12.3. The van der Waals surface area contributed by atoms with Gasteiger partial charge in [0.25, 0.3) is 0 Å². The van der Waals surface area contributed by atoms with E-state index in [-0.39, 0.29) is 113 Å². The second kappa shape index (κ2) is 52.7. The minimum Gasteiger partial charge on any atom is -0.406 e. The molecule has 4 heterocycles. The molecule has 816 valence electrons. The number of Topliss-reactive ketones (excluding diaryl/α,β-unsaturated/α-hetero) is 1. The average Bonchev–Trinajstić information content (AvgIpc) is 1.61. The Bertz CT molecular complexity index is 5330. The molecule has 0 atom stereocenters. The lowest BCUT2D eigenvalue weighted by Gasteiger charge is -2.35. The molecule has 3 spiro atoms. The van der Waals surface area contributed by atoms with Crippen LogP contribution in [0.25, 0.3) is 5.57 Å². The number of nitrogens with two attached hydrogens (primary N) is 1. The van der Waals surface area contributed by atoms with Crippen LogP contribution in [0.5, 0.6) is 40.2 Å². The van der Waals surface area contributed by atoms with E-state index in [0.29, 0.717) is 183 Å². The van der Waals surface area contributed by atoms with Crippen molar-refractivity contribution in [1.82, 2.24) is 0 Å². The third-order valence-corrected chi connectivity index (χ3v) is 28.6. The zero-order valence-electron chi connectivity index (χ0n) is 78.1. The van der Waals surface area contributed by atoms with Gasteiger partial charge in [-0.1, -0.05) is 89.2 Å². The lowest BCUT2D eigenvalue weighted by molar-refractivity contribution is -0.275. The Labute approximate surface area is 881 Å². The third kappa shape index (κ3) is 40.1. The molecule has 4 saturated heterocycles. The summed E-state index contributed by atoms with van der Waals surface area (Å²) in [5.41, 5.74) is 10.5. The number of anilines is 1. The summed E-state index contributed by atoms with van der Waals surface area (Å²) in [6, 6.07) is 27.1. The highest BCUT2D eigenvalue weighted by Gasteiger charge is 2.54. The van der Waals surface area contributed by atoms with E-state index in [0.717, 1.165) is 100 Å². The number of aliphatic hydroxyl groups is 2. The van der Waals surface area contributed by atoms with Crippen LogP contribution in [0.2, 0.25) is 30.1 Å². The summed E-state index contributed by atoms with van der Waals surface area (Å²) in [4.78, 5) is 11.2. The molecule has 19 nitrogen and oxygen atoms in total. The van der Waals surface area contributed by atoms with Gasteiger partial charge in [0.1, 0.15) is 46.0 Å². The first kappa shape index (κ1) is 123. The van der Waals surface area contributed by atoms with E-state index in [1.54, 1.807) is 0 Å². The number of halogens is 29. The Kier molecular flexibility index (Phi) is 44.3. The highest BCUT2D eigenvalue weighted by molar-refractivity contribution is 9.11. The van der Waals surface area contributed by atoms with Crippen molar-refractivity contribution in [3.63, 3.8) is 0 Å². The van der Waals surface area contributed by atoms with Gasteiger partial charge in [-0.2, -0.15) is 0 Å². The molecule has 4 saturated carbocycles. The molecule has 147 heavy (non-hydrogen) atoms. The minimum atomic E-state index is -4.72. The van der Waals surface area contributed by atoms with E-state index in [4.69, 9.17) is 113 Å². The summed E-state index contributed by atoms with van der Waals surface area (Å²) in [5, 5.41) is 21.4. The fourth-order valence-electron chi connectivity index (χ4n) is 17.2. The van der Waals surface area contributed by atoms with E-state index in [9.17, 15) is 107 Å². The van der Waals surface area contributed by atoms with Gasteiger partial charge in [0.05, 0.1) is 68.1 Å². The molecule has 7 aromatic carbocycles. The predicted octanol–water partition coefficient (Wildman–Crippen LogP) is 32.2. The molecule has 4 aliphatic heterocycles. The van der Waals surface area contributed by atoms with E-state index in [1.165, 1.54) is 109 Å². The van der Waals surface area contributed by atoms with Crippen molar-refractivity contribution in [2.24, 2.45) is 0 Å². The Balaban J connectivity index is 0.000000188.